The summed E-state index contributed by atoms with van der Waals surface area (Å²) < 4.78 is 5.88. The van der Waals surface area contributed by atoms with Crippen molar-refractivity contribution < 1.29 is 4.74 Å². The minimum absolute atomic E-state index is 0.344. The summed E-state index contributed by atoms with van der Waals surface area (Å²) in [5.74, 6) is 1.57. The summed E-state index contributed by atoms with van der Waals surface area (Å²) in [7, 11) is 0. The second kappa shape index (κ2) is 5.30. The number of aromatic nitrogens is 1. The Hall–Kier alpha value is -1.09. The first kappa shape index (κ1) is 11.4. The molecule has 2 rings (SSSR count). The van der Waals surface area contributed by atoms with Crippen LogP contribution in [0.5, 0.6) is 5.88 Å². The maximum absolute atomic E-state index is 5.88. The quantitative estimate of drug-likeness (QED) is 0.851. The van der Waals surface area contributed by atoms with Crippen LogP contribution in [-0.4, -0.2) is 11.1 Å². The largest absolute Gasteiger partial charge is 0.474 e. The summed E-state index contributed by atoms with van der Waals surface area (Å²) in [4.78, 5) is 4.36. The molecular formula is C13H20N2O. The highest BCUT2D eigenvalue weighted by molar-refractivity contribution is 5.15. The van der Waals surface area contributed by atoms with Crippen molar-refractivity contribution >= 4 is 0 Å². The molecule has 0 atom stereocenters. The van der Waals surface area contributed by atoms with Gasteiger partial charge in [0.05, 0.1) is 5.69 Å². The molecule has 1 fully saturated rings. The summed E-state index contributed by atoms with van der Waals surface area (Å²) in [6.45, 7) is 2.78. The first-order chi connectivity index (χ1) is 7.78. The van der Waals surface area contributed by atoms with Crippen LogP contribution in [0.1, 0.15) is 38.3 Å². The summed E-state index contributed by atoms with van der Waals surface area (Å²) in [5, 5.41) is 0. The SMILES string of the molecule is CC1CCC(Oc2cccc(CN)n2)CC1. The average molecular weight is 220 g/mol. The van der Waals surface area contributed by atoms with Gasteiger partial charge >= 0.3 is 0 Å². The summed E-state index contributed by atoms with van der Waals surface area (Å²) >= 11 is 0. The lowest BCUT2D eigenvalue weighted by atomic mass is 9.89. The topological polar surface area (TPSA) is 48.1 Å². The second-order valence-corrected chi connectivity index (χ2v) is 4.67. The molecule has 3 nitrogen and oxygen atoms in total. The van der Waals surface area contributed by atoms with E-state index in [-0.39, 0.29) is 0 Å². The smallest absolute Gasteiger partial charge is 0.213 e. The number of hydrogen-bond acceptors (Lipinski definition) is 3. The van der Waals surface area contributed by atoms with Gasteiger partial charge in [0.25, 0.3) is 0 Å². The van der Waals surface area contributed by atoms with Crippen LogP contribution >= 0.6 is 0 Å². The Morgan fingerprint density at radius 1 is 1.31 bits per heavy atom. The molecule has 16 heavy (non-hydrogen) atoms. The van der Waals surface area contributed by atoms with E-state index in [2.05, 4.69) is 11.9 Å². The fraction of sp³-hybridized carbons (Fsp3) is 0.615. The van der Waals surface area contributed by atoms with Crippen LogP contribution in [-0.2, 0) is 6.54 Å². The van der Waals surface area contributed by atoms with Gasteiger partial charge in [0, 0.05) is 12.6 Å². The minimum atomic E-state index is 0.344. The zero-order chi connectivity index (χ0) is 11.4. The molecule has 0 aliphatic heterocycles. The van der Waals surface area contributed by atoms with Crippen molar-refractivity contribution in [2.24, 2.45) is 11.7 Å². The molecule has 0 unspecified atom stereocenters. The van der Waals surface area contributed by atoms with E-state index in [1.165, 1.54) is 12.8 Å². The van der Waals surface area contributed by atoms with Crippen molar-refractivity contribution in [2.45, 2.75) is 45.3 Å². The summed E-state index contributed by atoms with van der Waals surface area (Å²) in [6, 6.07) is 5.79. The molecule has 0 amide bonds. The molecule has 0 saturated heterocycles. The molecule has 1 aromatic heterocycles. The van der Waals surface area contributed by atoms with E-state index in [1.54, 1.807) is 0 Å². The molecule has 1 saturated carbocycles. The van der Waals surface area contributed by atoms with Crippen molar-refractivity contribution in [3.05, 3.63) is 23.9 Å². The van der Waals surface area contributed by atoms with E-state index in [0.29, 0.717) is 12.6 Å². The fourth-order valence-corrected chi connectivity index (χ4v) is 2.16. The Kier molecular flexibility index (Phi) is 3.78. The number of hydrogen-bond donors (Lipinski definition) is 1. The molecule has 0 bridgehead atoms. The molecule has 88 valence electrons. The van der Waals surface area contributed by atoms with Crippen LogP contribution in [0.4, 0.5) is 0 Å². The lowest BCUT2D eigenvalue weighted by molar-refractivity contribution is 0.130. The van der Waals surface area contributed by atoms with Gasteiger partial charge < -0.3 is 10.5 Å². The van der Waals surface area contributed by atoms with Gasteiger partial charge in [-0.15, -0.1) is 0 Å². The van der Waals surface area contributed by atoms with Crippen LogP contribution in [0.15, 0.2) is 18.2 Å². The highest BCUT2D eigenvalue weighted by Crippen LogP contribution is 2.26. The highest BCUT2D eigenvalue weighted by atomic mass is 16.5. The summed E-state index contributed by atoms with van der Waals surface area (Å²) in [6.07, 6.45) is 5.17. The van der Waals surface area contributed by atoms with Gasteiger partial charge in [-0.3, -0.25) is 0 Å². The van der Waals surface area contributed by atoms with E-state index in [0.717, 1.165) is 30.3 Å². The molecule has 1 aromatic rings. The van der Waals surface area contributed by atoms with Crippen molar-refractivity contribution in [3.63, 3.8) is 0 Å². The third kappa shape index (κ3) is 2.95. The van der Waals surface area contributed by atoms with Crippen molar-refractivity contribution in [2.75, 3.05) is 0 Å². The van der Waals surface area contributed by atoms with Crippen LogP contribution in [0.3, 0.4) is 0 Å². The lowest BCUT2D eigenvalue weighted by Gasteiger charge is -2.26. The lowest BCUT2D eigenvalue weighted by Crippen LogP contribution is -2.23. The third-order valence-electron chi connectivity index (χ3n) is 3.24. The molecule has 1 aliphatic carbocycles. The van der Waals surface area contributed by atoms with Gasteiger partial charge in [-0.25, -0.2) is 4.98 Å². The van der Waals surface area contributed by atoms with Crippen LogP contribution in [0, 0.1) is 5.92 Å². The van der Waals surface area contributed by atoms with Gasteiger partial charge in [0.1, 0.15) is 6.10 Å². The van der Waals surface area contributed by atoms with E-state index in [1.807, 2.05) is 18.2 Å². The fourth-order valence-electron chi connectivity index (χ4n) is 2.16. The number of ether oxygens (including phenoxy) is 1. The van der Waals surface area contributed by atoms with Gasteiger partial charge in [-0.2, -0.15) is 0 Å². The number of rotatable bonds is 3. The van der Waals surface area contributed by atoms with Crippen LogP contribution in [0.25, 0.3) is 0 Å². The number of pyridine rings is 1. The maximum Gasteiger partial charge on any atom is 0.213 e. The minimum Gasteiger partial charge on any atom is -0.474 e. The highest BCUT2D eigenvalue weighted by Gasteiger charge is 2.19. The molecule has 1 heterocycles. The van der Waals surface area contributed by atoms with Crippen molar-refractivity contribution in [1.82, 2.24) is 4.98 Å². The van der Waals surface area contributed by atoms with E-state index < -0.39 is 0 Å². The zero-order valence-electron chi connectivity index (χ0n) is 9.86. The van der Waals surface area contributed by atoms with Crippen LogP contribution < -0.4 is 10.5 Å². The molecule has 3 heteroatoms. The number of nitrogens with two attached hydrogens (primary N) is 1. The Balaban J connectivity index is 1.93. The first-order valence-corrected chi connectivity index (χ1v) is 6.10. The third-order valence-corrected chi connectivity index (χ3v) is 3.24. The zero-order valence-corrected chi connectivity index (χ0v) is 9.86. The molecular weight excluding hydrogens is 200 g/mol. The molecule has 0 radical (unpaired) electrons. The van der Waals surface area contributed by atoms with E-state index in [9.17, 15) is 0 Å². The average Bonchev–Trinajstić information content (AvgIpc) is 2.32. The second-order valence-electron chi connectivity index (χ2n) is 4.67. The standard InChI is InChI=1S/C13H20N2O/c1-10-5-7-12(8-6-10)16-13-4-2-3-11(9-14)15-13/h2-4,10,12H,5-9,14H2,1H3. The van der Waals surface area contributed by atoms with Crippen molar-refractivity contribution in [3.8, 4) is 5.88 Å². The molecule has 1 aliphatic rings. The van der Waals surface area contributed by atoms with E-state index >= 15 is 0 Å². The normalized spacial score (nSPS) is 25.4. The molecule has 2 N–H and O–H groups in total. The Bertz CT molecular complexity index is 332. The number of nitrogens with zero attached hydrogens (tertiary/aromatic N) is 1. The first-order valence-electron chi connectivity index (χ1n) is 6.10. The van der Waals surface area contributed by atoms with Gasteiger partial charge in [-0.1, -0.05) is 13.0 Å². The van der Waals surface area contributed by atoms with Crippen LogP contribution in [0.2, 0.25) is 0 Å². The van der Waals surface area contributed by atoms with Gasteiger partial charge in [-0.05, 0) is 37.7 Å². The molecule has 0 aromatic carbocycles. The van der Waals surface area contributed by atoms with Gasteiger partial charge in [0.15, 0.2) is 0 Å². The Labute approximate surface area is 97.0 Å². The van der Waals surface area contributed by atoms with Gasteiger partial charge in [0.2, 0.25) is 5.88 Å². The van der Waals surface area contributed by atoms with Crippen molar-refractivity contribution in [1.29, 1.82) is 0 Å². The van der Waals surface area contributed by atoms with E-state index in [4.69, 9.17) is 10.5 Å². The summed E-state index contributed by atoms with van der Waals surface area (Å²) in [5.41, 5.74) is 6.44. The predicted molar refractivity (Wildman–Crippen MR) is 64.2 cm³/mol. The Morgan fingerprint density at radius 3 is 2.75 bits per heavy atom. The predicted octanol–water partition coefficient (Wildman–Crippen LogP) is 2.50. The molecule has 0 spiro atoms. The maximum atomic E-state index is 5.88. The Morgan fingerprint density at radius 2 is 2.06 bits per heavy atom. The monoisotopic (exact) mass is 220 g/mol.